The highest BCUT2D eigenvalue weighted by Crippen LogP contribution is 2.29. The van der Waals surface area contributed by atoms with E-state index in [1.54, 1.807) is 6.26 Å². The molecule has 0 saturated carbocycles. The Hall–Kier alpha value is -1.41. The van der Waals surface area contributed by atoms with Gasteiger partial charge in [0.2, 0.25) is 6.08 Å². The summed E-state index contributed by atoms with van der Waals surface area (Å²) in [6, 6.07) is -0.315. The van der Waals surface area contributed by atoms with Crippen molar-refractivity contribution in [3.8, 4) is 6.26 Å². The largest absolute Gasteiger partial charge is 0.419 e. The molecule has 0 aromatic rings. The number of hydrogen-bond donors (Lipinski definition) is 0. The van der Waals surface area contributed by atoms with E-state index in [0.717, 1.165) is 0 Å². The molecule has 2 saturated heterocycles. The number of carbonyl (C=O) groups excluding carboxylic acids is 1. The molecule has 0 radical (unpaired) electrons. The van der Waals surface area contributed by atoms with Gasteiger partial charge in [-0.1, -0.05) is 0 Å². The minimum Gasteiger partial charge on any atom is -0.419 e. The molecule has 2 heterocycles. The molecule has 0 spiro atoms. The third-order valence-corrected chi connectivity index (χ3v) is 2.40. The van der Waals surface area contributed by atoms with E-state index < -0.39 is 0 Å². The first-order valence-electron chi connectivity index (χ1n) is 4.21. The lowest BCUT2D eigenvalue weighted by atomic mass is 10.1. The van der Waals surface area contributed by atoms with E-state index in [1.807, 2.05) is 0 Å². The van der Waals surface area contributed by atoms with Gasteiger partial charge in [0.1, 0.15) is 18.2 Å². The fourth-order valence-electron chi connectivity index (χ4n) is 1.79. The predicted molar refractivity (Wildman–Crippen MR) is 41.9 cm³/mol. The Balaban J connectivity index is 2.04. The van der Waals surface area contributed by atoms with Crippen LogP contribution in [0.2, 0.25) is 0 Å². The molecule has 2 aliphatic rings. The van der Waals surface area contributed by atoms with Crippen LogP contribution in [-0.4, -0.2) is 43.6 Å². The summed E-state index contributed by atoms with van der Waals surface area (Å²) in [6.07, 6.45) is 2.12. The molecule has 6 nitrogen and oxygen atoms in total. The Morgan fingerprint density at radius 1 is 1.36 bits per heavy atom. The molecule has 74 valence electrons. The Kier molecular flexibility index (Phi) is 2.46. The standard InChI is InChI=1S/C8H8N2O4/c9-3-14-6-2-13-7-5(10-4-11)1-12-8(6)7/h5-8H,1-2H2/t5-,6-,7+,8+/m0/s1. The number of fused-ring (bicyclic) bond motifs is 1. The van der Waals surface area contributed by atoms with Crippen molar-refractivity contribution in [3.05, 3.63) is 0 Å². The summed E-state index contributed by atoms with van der Waals surface area (Å²) in [6.45, 7) is 0.615. The molecule has 6 heteroatoms. The maximum atomic E-state index is 10.1. The summed E-state index contributed by atoms with van der Waals surface area (Å²) in [5.41, 5.74) is 0. The number of nitrogens with zero attached hydrogens (tertiary/aromatic N) is 2. The van der Waals surface area contributed by atoms with Gasteiger partial charge in [0.15, 0.2) is 6.10 Å². The van der Waals surface area contributed by atoms with E-state index in [4.69, 9.17) is 19.5 Å². The molecule has 2 fully saturated rings. The Bertz CT molecular complexity index is 307. The summed E-state index contributed by atoms with van der Waals surface area (Å²) in [4.78, 5) is 13.6. The molecule has 0 bridgehead atoms. The molecule has 0 aliphatic carbocycles. The van der Waals surface area contributed by atoms with Crippen molar-refractivity contribution >= 4 is 6.08 Å². The van der Waals surface area contributed by atoms with Gasteiger partial charge >= 0.3 is 0 Å². The maximum Gasteiger partial charge on any atom is 0.286 e. The second-order valence-corrected chi connectivity index (χ2v) is 3.13. The lowest BCUT2D eigenvalue weighted by Crippen LogP contribution is -2.31. The zero-order valence-corrected chi connectivity index (χ0v) is 7.25. The van der Waals surface area contributed by atoms with Crippen LogP contribution in [0.1, 0.15) is 0 Å². The van der Waals surface area contributed by atoms with Crippen molar-refractivity contribution in [2.75, 3.05) is 13.2 Å². The van der Waals surface area contributed by atoms with E-state index in [2.05, 4.69) is 4.99 Å². The van der Waals surface area contributed by atoms with Crippen molar-refractivity contribution < 1.29 is 19.0 Å². The average Bonchev–Trinajstić information content (AvgIpc) is 2.72. The Morgan fingerprint density at radius 3 is 2.86 bits per heavy atom. The lowest BCUT2D eigenvalue weighted by Gasteiger charge is -2.11. The number of nitriles is 1. The molecular weight excluding hydrogens is 188 g/mol. The van der Waals surface area contributed by atoms with Gasteiger partial charge in [-0.2, -0.15) is 10.3 Å². The third-order valence-electron chi connectivity index (χ3n) is 2.40. The number of aliphatic imine (C=N–C) groups is 1. The predicted octanol–water partition coefficient (Wildman–Crippen LogP) is -0.645. The quantitative estimate of drug-likeness (QED) is 0.333. The van der Waals surface area contributed by atoms with Crippen LogP contribution in [0.15, 0.2) is 4.99 Å². The topological polar surface area (TPSA) is 80.9 Å². The number of ether oxygens (including phenoxy) is 3. The van der Waals surface area contributed by atoms with Crippen molar-refractivity contribution in [2.45, 2.75) is 24.4 Å². The van der Waals surface area contributed by atoms with Crippen molar-refractivity contribution in [3.63, 3.8) is 0 Å². The van der Waals surface area contributed by atoms with Crippen LogP contribution in [-0.2, 0) is 19.0 Å². The molecule has 14 heavy (non-hydrogen) atoms. The zero-order chi connectivity index (χ0) is 9.97. The maximum absolute atomic E-state index is 10.1. The number of rotatable bonds is 2. The van der Waals surface area contributed by atoms with Crippen LogP contribution in [0.5, 0.6) is 0 Å². The fourth-order valence-corrected chi connectivity index (χ4v) is 1.79. The first-order valence-corrected chi connectivity index (χ1v) is 4.21. The van der Waals surface area contributed by atoms with Crippen molar-refractivity contribution in [1.29, 1.82) is 5.26 Å². The van der Waals surface area contributed by atoms with E-state index in [9.17, 15) is 4.79 Å². The molecule has 0 aromatic heterocycles. The normalized spacial score (nSPS) is 39.6. The molecule has 0 amide bonds. The molecule has 0 N–H and O–H groups in total. The number of hydrogen-bond acceptors (Lipinski definition) is 6. The van der Waals surface area contributed by atoms with Gasteiger partial charge in [-0.15, -0.1) is 0 Å². The minimum atomic E-state index is -0.378. The fraction of sp³-hybridized carbons (Fsp3) is 0.750. The smallest absolute Gasteiger partial charge is 0.286 e. The van der Waals surface area contributed by atoms with Crippen LogP contribution < -0.4 is 0 Å². The highest BCUT2D eigenvalue weighted by Gasteiger charge is 2.49. The Morgan fingerprint density at radius 2 is 2.14 bits per heavy atom. The molecule has 0 aromatic carbocycles. The highest BCUT2D eigenvalue weighted by molar-refractivity contribution is 5.34. The van der Waals surface area contributed by atoms with Gasteiger partial charge < -0.3 is 14.2 Å². The third kappa shape index (κ3) is 1.38. The summed E-state index contributed by atoms with van der Waals surface area (Å²) in [5.74, 6) is 0. The van der Waals surface area contributed by atoms with Gasteiger partial charge in [-0.3, -0.25) is 0 Å². The van der Waals surface area contributed by atoms with Gasteiger partial charge in [0.05, 0.1) is 13.2 Å². The molecule has 2 rings (SSSR count). The summed E-state index contributed by atoms with van der Waals surface area (Å²) < 4.78 is 15.4. The van der Waals surface area contributed by atoms with Crippen LogP contribution in [0.3, 0.4) is 0 Å². The lowest BCUT2D eigenvalue weighted by molar-refractivity contribution is 0.0160. The summed E-state index contributed by atoms with van der Waals surface area (Å²) >= 11 is 0. The zero-order valence-electron chi connectivity index (χ0n) is 7.25. The Labute approximate surface area is 80.1 Å². The molecule has 4 atom stereocenters. The van der Waals surface area contributed by atoms with E-state index in [-0.39, 0.29) is 24.4 Å². The first kappa shape index (κ1) is 9.16. The SMILES string of the molecule is N#CO[C@H]1CO[C@H]2[C@@H]1OC[C@@H]2N=C=O. The average molecular weight is 196 g/mol. The monoisotopic (exact) mass is 196 g/mol. The van der Waals surface area contributed by atoms with Crippen LogP contribution in [0.25, 0.3) is 0 Å². The van der Waals surface area contributed by atoms with E-state index in [0.29, 0.717) is 13.2 Å². The van der Waals surface area contributed by atoms with Gasteiger partial charge in [0, 0.05) is 0 Å². The van der Waals surface area contributed by atoms with Crippen LogP contribution >= 0.6 is 0 Å². The molecule has 0 unspecified atom stereocenters. The summed E-state index contributed by atoms with van der Waals surface area (Å²) in [7, 11) is 0. The second-order valence-electron chi connectivity index (χ2n) is 3.13. The minimum absolute atomic E-state index is 0.283. The second kappa shape index (κ2) is 3.76. The van der Waals surface area contributed by atoms with E-state index in [1.165, 1.54) is 6.08 Å². The van der Waals surface area contributed by atoms with Crippen LogP contribution in [0.4, 0.5) is 0 Å². The van der Waals surface area contributed by atoms with E-state index >= 15 is 0 Å². The van der Waals surface area contributed by atoms with Gasteiger partial charge in [0.25, 0.3) is 6.26 Å². The van der Waals surface area contributed by atoms with Crippen molar-refractivity contribution in [1.82, 2.24) is 0 Å². The summed E-state index contributed by atoms with van der Waals surface area (Å²) in [5, 5.41) is 8.35. The van der Waals surface area contributed by atoms with Gasteiger partial charge in [-0.05, 0) is 0 Å². The highest BCUT2D eigenvalue weighted by atomic mass is 16.6. The number of isocyanates is 1. The molecule has 2 aliphatic heterocycles. The first-order chi connectivity index (χ1) is 6.86. The van der Waals surface area contributed by atoms with Crippen molar-refractivity contribution in [2.24, 2.45) is 4.99 Å². The van der Waals surface area contributed by atoms with Gasteiger partial charge in [-0.25, -0.2) is 4.79 Å². The molecular formula is C8H8N2O4. The van der Waals surface area contributed by atoms with Crippen LogP contribution in [0, 0.1) is 11.5 Å².